The minimum absolute atomic E-state index is 0. The van der Waals surface area contributed by atoms with Gasteiger partial charge in [-0.05, 0) is 31.2 Å². The van der Waals surface area contributed by atoms with E-state index in [-0.39, 0.29) is 36.4 Å². The van der Waals surface area contributed by atoms with Crippen LogP contribution in [0, 0.1) is 12.3 Å². The van der Waals surface area contributed by atoms with Crippen LogP contribution in [0.3, 0.4) is 0 Å². The number of benzene rings is 2. The van der Waals surface area contributed by atoms with Crippen molar-refractivity contribution in [1.29, 1.82) is 0 Å². The summed E-state index contributed by atoms with van der Waals surface area (Å²) in [6.45, 7) is 3.16. The van der Waals surface area contributed by atoms with Gasteiger partial charge in [0.2, 0.25) is 5.91 Å². The number of nitrogens with one attached hydrogen (secondary N) is 3. The molecule has 28 heavy (non-hydrogen) atoms. The number of ether oxygens (including phenoxy) is 1. The van der Waals surface area contributed by atoms with Crippen LogP contribution in [0.15, 0.2) is 53.5 Å². The van der Waals surface area contributed by atoms with Crippen molar-refractivity contribution in [2.75, 3.05) is 25.5 Å². The maximum Gasteiger partial charge on any atom is 0.243 e. The maximum absolute atomic E-state index is 12.1. The highest BCUT2D eigenvalue weighted by molar-refractivity contribution is 14.0. The van der Waals surface area contributed by atoms with Gasteiger partial charge < -0.3 is 20.7 Å². The Hall–Kier alpha value is -2.73. The summed E-state index contributed by atoms with van der Waals surface area (Å²) in [5.41, 5.74) is 2.38. The molecule has 0 saturated heterocycles. The number of hydrogen-bond donors (Lipinski definition) is 3. The predicted molar refractivity (Wildman–Crippen MR) is 124 cm³/mol. The average Bonchev–Trinajstić information content (AvgIpc) is 2.69. The third kappa shape index (κ3) is 7.48. The SMILES string of the molecule is C#Cc1cccc(NC(=O)CNC(=NC)NCc2ccccc2OCC)c1.I. The number of para-hydroxylation sites is 1. The number of guanidine groups is 1. The number of hydrogen-bond acceptors (Lipinski definition) is 3. The van der Waals surface area contributed by atoms with Crippen molar-refractivity contribution in [3.63, 3.8) is 0 Å². The molecule has 0 heterocycles. The third-order valence-corrected chi connectivity index (χ3v) is 3.67. The topological polar surface area (TPSA) is 74.8 Å². The fourth-order valence-corrected chi connectivity index (χ4v) is 2.40. The molecule has 0 radical (unpaired) electrons. The Morgan fingerprint density at radius 2 is 1.96 bits per heavy atom. The Kier molecular flexibility index (Phi) is 10.5. The summed E-state index contributed by atoms with van der Waals surface area (Å²) in [4.78, 5) is 16.3. The molecule has 0 fully saturated rings. The van der Waals surface area contributed by atoms with E-state index in [1.54, 1.807) is 31.3 Å². The van der Waals surface area contributed by atoms with Gasteiger partial charge in [0.25, 0.3) is 0 Å². The highest BCUT2D eigenvalue weighted by atomic mass is 127. The second kappa shape index (κ2) is 12.6. The number of carbonyl (C=O) groups is 1. The molecular weight excluding hydrogens is 467 g/mol. The molecule has 0 saturated carbocycles. The number of halogens is 1. The smallest absolute Gasteiger partial charge is 0.243 e. The molecule has 3 N–H and O–H groups in total. The Bertz CT molecular complexity index is 846. The van der Waals surface area contributed by atoms with Crippen LogP contribution in [-0.4, -0.2) is 32.1 Å². The van der Waals surface area contributed by atoms with Gasteiger partial charge >= 0.3 is 0 Å². The molecule has 1 amide bonds. The fraction of sp³-hybridized carbons (Fsp3) is 0.238. The van der Waals surface area contributed by atoms with Gasteiger partial charge in [-0.1, -0.05) is 30.2 Å². The van der Waals surface area contributed by atoms with Crippen LogP contribution in [0.2, 0.25) is 0 Å². The number of nitrogens with zero attached hydrogens (tertiary/aromatic N) is 1. The van der Waals surface area contributed by atoms with Crippen LogP contribution in [0.5, 0.6) is 5.75 Å². The summed E-state index contributed by atoms with van der Waals surface area (Å²) in [6, 6.07) is 14.9. The second-order valence-electron chi connectivity index (χ2n) is 5.59. The van der Waals surface area contributed by atoms with Crippen LogP contribution >= 0.6 is 24.0 Å². The molecular formula is C21H25IN4O2. The quantitative estimate of drug-likeness (QED) is 0.241. The number of carbonyl (C=O) groups excluding carboxylic acids is 1. The molecule has 7 heteroatoms. The Morgan fingerprint density at radius 1 is 1.18 bits per heavy atom. The normalized spacial score (nSPS) is 10.2. The first-order chi connectivity index (χ1) is 13.2. The third-order valence-electron chi connectivity index (χ3n) is 3.67. The molecule has 0 unspecified atom stereocenters. The van der Waals surface area contributed by atoms with Gasteiger partial charge in [-0.15, -0.1) is 30.4 Å². The van der Waals surface area contributed by atoms with Crippen molar-refractivity contribution >= 4 is 41.5 Å². The molecule has 0 aromatic heterocycles. The van der Waals surface area contributed by atoms with Crippen LogP contribution in [0.4, 0.5) is 5.69 Å². The number of anilines is 1. The Balaban J connectivity index is 0.00000392. The van der Waals surface area contributed by atoms with Gasteiger partial charge in [0.05, 0.1) is 13.2 Å². The highest BCUT2D eigenvalue weighted by Gasteiger charge is 2.07. The van der Waals surface area contributed by atoms with E-state index >= 15 is 0 Å². The lowest BCUT2D eigenvalue weighted by Gasteiger charge is -2.14. The minimum atomic E-state index is -0.193. The zero-order chi connectivity index (χ0) is 19.5. The zero-order valence-corrected chi connectivity index (χ0v) is 18.3. The van der Waals surface area contributed by atoms with Crippen LogP contribution in [0.25, 0.3) is 0 Å². The lowest BCUT2D eigenvalue weighted by atomic mass is 10.2. The Labute approximate surface area is 183 Å². The van der Waals surface area contributed by atoms with E-state index in [9.17, 15) is 4.79 Å². The van der Waals surface area contributed by atoms with Crippen molar-refractivity contribution in [1.82, 2.24) is 10.6 Å². The molecule has 0 spiro atoms. The monoisotopic (exact) mass is 492 g/mol. The Morgan fingerprint density at radius 3 is 2.68 bits per heavy atom. The first-order valence-corrected chi connectivity index (χ1v) is 8.68. The summed E-state index contributed by atoms with van der Waals surface area (Å²) in [6.07, 6.45) is 5.37. The first kappa shape index (κ1) is 23.3. The summed E-state index contributed by atoms with van der Waals surface area (Å²) in [7, 11) is 1.65. The molecule has 0 bridgehead atoms. The highest BCUT2D eigenvalue weighted by Crippen LogP contribution is 2.17. The molecule has 0 atom stereocenters. The number of rotatable bonds is 7. The van der Waals surface area contributed by atoms with Crippen LogP contribution in [-0.2, 0) is 11.3 Å². The average molecular weight is 492 g/mol. The maximum atomic E-state index is 12.1. The van der Waals surface area contributed by atoms with E-state index < -0.39 is 0 Å². The molecule has 0 aliphatic heterocycles. The van der Waals surface area contributed by atoms with Crippen molar-refractivity contribution < 1.29 is 9.53 Å². The lowest BCUT2D eigenvalue weighted by Crippen LogP contribution is -2.41. The standard InChI is InChI=1S/C21H24N4O2.HI/c1-4-16-9-8-11-18(13-16)25-20(26)15-24-21(22-3)23-14-17-10-6-7-12-19(17)27-5-2;/h1,6-13H,5,14-15H2,2-3H3,(H,25,26)(H2,22,23,24);1H. The van der Waals surface area contributed by atoms with E-state index in [0.717, 1.165) is 11.3 Å². The summed E-state index contributed by atoms with van der Waals surface area (Å²) in [5, 5.41) is 8.96. The van der Waals surface area contributed by atoms with Gasteiger partial charge in [0, 0.05) is 30.4 Å². The molecule has 6 nitrogen and oxygen atoms in total. The zero-order valence-electron chi connectivity index (χ0n) is 16.0. The van der Waals surface area contributed by atoms with Gasteiger partial charge in [-0.25, -0.2) is 0 Å². The van der Waals surface area contributed by atoms with E-state index in [1.165, 1.54) is 0 Å². The van der Waals surface area contributed by atoms with Crippen molar-refractivity contribution in [3.8, 4) is 18.1 Å². The van der Waals surface area contributed by atoms with Crippen LogP contribution < -0.4 is 20.7 Å². The number of aliphatic imine (C=N–C) groups is 1. The van der Waals surface area contributed by atoms with Gasteiger partial charge in [-0.3, -0.25) is 9.79 Å². The molecule has 0 aliphatic carbocycles. The van der Waals surface area contributed by atoms with E-state index in [2.05, 4.69) is 26.9 Å². The fourth-order valence-electron chi connectivity index (χ4n) is 2.40. The summed E-state index contributed by atoms with van der Waals surface area (Å²) in [5.74, 6) is 3.70. The minimum Gasteiger partial charge on any atom is -0.494 e. The van der Waals surface area contributed by atoms with Gasteiger partial charge in [-0.2, -0.15) is 0 Å². The molecule has 0 aliphatic rings. The number of amides is 1. The number of terminal acetylenes is 1. The van der Waals surface area contributed by atoms with Crippen molar-refractivity contribution in [2.45, 2.75) is 13.5 Å². The molecule has 148 valence electrons. The van der Waals surface area contributed by atoms with Crippen LogP contribution in [0.1, 0.15) is 18.1 Å². The van der Waals surface area contributed by atoms with E-state index in [0.29, 0.717) is 30.4 Å². The molecule has 2 aromatic carbocycles. The second-order valence-corrected chi connectivity index (χ2v) is 5.59. The van der Waals surface area contributed by atoms with Crippen molar-refractivity contribution in [3.05, 3.63) is 59.7 Å². The molecule has 2 aromatic rings. The lowest BCUT2D eigenvalue weighted by molar-refractivity contribution is -0.115. The predicted octanol–water partition coefficient (Wildman–Crippen LogP) is 2.99. The van der Waals surface area contributed by atoms with E-state index in [4.69, 9.17) is 11.2 Å². The first-order valence-electron chi connectivity index (χ1n) is 8.68. The van der Waals surface area contributed by atoms with Gasteiger partial charge in [0.1, 0.15) is 5.75 Å². The summed E-state index contributed by atoms with van der Waals surface area (Å²) >= 11 is 0. The van der Waals surface area contributed by atoms with Crippen molar-refractivity contribution in [2.24, 2.45) is 4.99 Å². The van der Waals surface area contributed by atoms with E-state index in [1.807, 2.05) is 31.2 Å². The van der Waals surface area contributed by atoms with Gasteiger partial charge in [0.15, 0.2) is 5.96 Å². The largest absolute Gasteiger partial charge is 0.494 e. The summed E-state index contributed by atoms with van der Waals surface area (Å²) < 4.78 is 5.61. The molecule has 2 rings (SSSR count).